The molecule has 6 nitrogen and oxygen atoms in total. The number of thiazole rings is 1. The molecule has 0 saturated carbocycles. The average Bonchev–Trinajstić information content (AvgIpc) is 3.22. The lowest BCUT2D eigenvalue weighted by atomic mass is 10.1. The van der Waals surface area contributed by atoms with Crippen LogP contribution in [0.5, 0.6) is 0 Å². The summed E-state index contributed by atoms with van der Waals surface area (Å²) < 4.78 is 11.3. The van der Waals surface area contributed by atoms with Crippen LogP contribution in [0.25, 0.3) is 0 Å². The molecule has 1 aromatic carbocycles. The largest absolute Gasteiger partial charge is 0.381 e. The molecule has 8 heteroatoms. The molecule has 1 saturated heterocycles. The van der Waals surface area contributed by atoms with Crippen molar-refractivity contribution in [3.05, 3.63) is 51.5 Å². The maximum absolute atomic E-state index is 5.98. The average molecular weight is 530 g/mol. The highest BCUT2D eigenvalue weighted by atomic mass is 127. The molecule has 0 bridgehead atoms. The molecule has 1 aliphatic heterocycles. The molecule has 1 fully saturated rings. The summed E-state index contributed by atoms with van der Waals surface area (Å²) in [6.07, 6.45) is 5.30. The van der Waals surface area contributed by atoms with E-state index in [0.717, 1.165) is 50.0 Å². The SMILES string of the molecule is CCc1cnc(CNC(=NC)NCc2ccc(COC3CCOCC3)cc2)s1.I. The number of guanidine groups is 1. The zero-order valence-electron chi connectivity index (χ0n) is 17.1. The van der Waals surface area contributed by atoms with E-state index in [-0.39, 0.29) is 24.0 Å². The van der Waals surface area contributed by atoms with E-state index in [1.807, 2.05) is 6.20 Å². The van der Waals surface area contributed by atoms with Crippen molar-refractivity contribution in [2.75, 3.05) is 20.3 Å². The number of nitrogens with zero attached hydrogens (tertiary/aromatic N) is 2. The summed E-state index contributed by atoms with van der Waals surface area (Å²) in [4.78, 5) is 10.0. The van der Waals surface area contributed by atoms with E-state index in [9.17, 15) is 0 Å². The molecule has 0 amide bonds. The molecular formula is C21H31IN4O2S. The molecule has 2 N–H and O–H groups in total. The van der Waals surface area contributed by atoms with Gasteiger partial charge in [0, 0.05) is 37.9 Å². The van der Waals surface area contributed by atoms with Crippen molar-refractivity contribution in [3.8, 4) is 0 Å². The molecular weight excluding hydrogens is 499 g/mol. The standard InChI is InChI=1S/C21H30N4O2S.HI/c1-3-19-13-23-20(28-19)14-25-21(22-2)24-12-16-4-6-17(7-5-16)15-27-18-8-10-26-11-9-18;/h4-7,13,18H,3,8-12,14-15H2,1-2H3,(H2,22,24,25);1H. The van der Waals surface area contributed by atoms with Crippen molar-refractivity contribution in [1.82, 2.24) is 15.6 Å². The minimum atomic E-state index is 0. The molecule has 0 unspecified atom stereocenters. The van der Waals surface area contributed by atoms with E-state index in [1.54, 1.807) is 18.4 Å². The second-order valence-electron chi connectivity index (χ2n) is 6.79. The quantitative estimate of drug-likeness (QED) is 0.308. The van der Waals surface area contributed by atoms with Gasteiger partial charge in [-0.05, 0) is 30.4 Å². The number of rotatable bonds is 8. The fourth-order valence-electron chi connectivity index (χ4n) is 2.97. The third-order valence-electron chi connectivity index (χ3n) is 4.72. The van der Waals surface area contributed by atoms with Gasteiger partial charge in [0.15, 0.2) is 5.96 Å². The van der Waals surface area contributed by atoms with E-state index in [0.29, 0.717) is 19.3 Å². The first kappa shape index (κ1) is 24.0. The zero-order valence-corrected chi connectivity index (χ0v) is 20.3. The van der Waals surface area contributed by atoms with E-state index < -0.39 is 0 Å². The number of benzene rings is 1. The van der Waals surface area contributed by atoms with Crippen LogP contribution >= 0.6 is 35.3 Å². The number of aliphatic imine (C=N–C) groups is 1. The number of hydrogen-bond donors (Lipinski definition) is 2. The first-order chi connectivity index (χ1) is 13.8. The van der Waals surface area contributed by atoms with Crippen LogP contribution < -0.4 is 10.6 Å². The predicted molar refractivity (Wildman–Crippen MR) is 129 cm³/mol. The molecule has 29 heavy (non-hydrogen) atoms. The Kier molecular flexibility index (Phi) is 10.9. The Labute approximate surface area is 194 Å². The van der Waals surface area contributed by atoms with Crippen LogP contribution in [0.3, 0.4) is 0 Å². The Bertz CT molecular complexity index is 745. The van der Waals surface area contributed by atoms with Gasteiger partial charge in [-0.25, -0.2) is 4.98 Å². The van der Waals surface area contributed by atoms with Crippen molar-refractivity contribution in [2.45, 2.75) is 52.0 Å². The second kappa shape index (κ2) is 13.1. The molecule has 1 aliphatic rings. The van der Waals surface area contributed by atoms with Gasteiger partial charge in [-0.2, -0.15) is 0 Å². The summed E-state index contributed by atoms with van der Waals surface area (Å²) in [7, 11) is 1.78. The third kappa shape index (κ3) is 8.19. The summed E-state index contributed by atoms with van der Waals surface area (Å²) in [6, 6.07) is 8.54. The lowest BCUT2D eigenvalue weighted by Gasteiger charge is -2.22. The second-order valence-corrected chi connectivity index (χ2v) is 7.99. The topological polar surface area (TPSA) is 67.8 Å². The van der Waals surface area contributed by atoms with Crippen LogP contribution in [-0.4, -0.2) is 37.3 Å². The highest BCUT2D eigenvalue weighted by Crippen LogP contribution is 2.14. The van der Waals surface area contributed by atoms with Gasteiger partial charge in [-0.1, -0.05) is 31.2 Å². The number of nitrogens with one attached hydrogen (secondary N) is 2. The zero-order chi connectivity index (χ0) is 19.6. The Hall–Kier alpha value is -1.23. The van der Waals surface area contributed by atoms with E-state index in [1.165, 1.54) is 16.0 Å². The Morgan fingerprint density at radius 2 is 1.86 bits per heavy atom. The van der Waals surface area contributed by atoms with Crippen LogP contribution in [0.15, 0.2) is 35.5 Å². The highest BCUT2D eigenvalue weighted by molar-refractivity contribution is 14.0. The first-order valence-electron chi connectivity index (χ1n) is 9.92. The van der Waals surface area contributed by atoms with Gasteiger partial charge in [-0.15, -0.1) is 35.3 Å². The molecule has 0 radical (unpaired) electrons. The maximum atomic E-state index is 5.98. The lowest BCUT2D eigenvalue weighted by molar-refractivity contribution is -0.0390. The normalized spacial score (nSPS) is 15.0. The number of halogens is 1. The summed E-state index contributed by atoms with van der Waals surface area (Å²) in [5.41, 5.74) is 2.41. The van der Waals surface area contributed by atoms with Gasteiger partial charge < -0.3 is 20.1 Å². The van der Waals surface area contributed by atoms with Gasteiger partial charge in [0.2, 0.25) is 0 Å². The molecule has 2 aromatic rings. The minimum absolute atomic E-state index is 0. The van der Waals surface area contributed by atoms with Gasteiger partial charge in [0.1, 0.15) is 5.01 Å². The van der Waals surface area contributed by atoms with Crippen LogP contribution in [0, 0.1) is 0 Å². The van der Waals surface area contributed by atoms with E-state index >= 15 is 0 Å². The van der Waals surface area contributed by atoms with E-state index in [2.05, 4.69) is 51.8 Å². The Morgan fingerprint density at radius 1 is 1.17 bits per heavy atom. The first-order valence-corrected chi connectivity index (χ1v) is 10.7. The maximum Gasteiger partial charge on any atom is 0.191 e. The molecule has 2 heterocycles. The van der Waals surface area contributed by atoms with Crippen molar-refractivity contribution < 1.29 is 9.47 Å². The van der Waals surface area contributed by atoms with Gasteiger partial charge in [-0.3, -0.25) is 4.99 Å². The third-order valence-corrected chi connectivity index (χ3v) is 5.86. The monoisotopic (exact) mass is 530 g/mol. The summed E-state index contributed by atoms with van der Waals surface area (Å²) in [5.74, 6) is 0.778. The van der Waals surface area contributed by atoms with Crippen molar-refractivity contribution >= 4 is 41.3 Å². The molecule has 3 rings (SSSR count). The predicted octanol–water partition coefficient (Wildman–Crippen LogP) is 3.88. The van der Waals surface area contributed by atoms with Crippen LogP contribution in [0.2, 0.25) is 0 Å². The van der Waals surface area contributed by atoms with E-state index in [4.69, 9.17) is 9.47 Å². The highest BCUT2D eigenvalue weighted by Gasteiger charge is 2.13. The van der Waals surface area contributed by atoms with Crippen molar-refractivity contribution in [3.63, 3.8) is 0 Å². The van der Waals surface area contributed by atoms with Crippen LogP contribution in [0.4, 0.5) is 0 Å². The Balaban J connectivity index is 0.00000300. The van der Waals surface area contributed by atoms with Crippen LogP contribution in [0.1, 0.15) is 40.8 Å². The smallest absolute Gasteiger partial charge is 0.191 e. The minimum Gasteiger partial charge on any atom is -0.381 e. The lowest BCUT2D eigenvalue weighted by Crippen LogP contribution is -2.36. The van der Waals surface area contributed by atoms with Gasteiger partial charge >= 0.3 is 0 Å². The van der Waals surface area contributed by atoms with Crippen molar-refractivity contribution in [1.29, 1.82) is 0 Å². The number of hydrogen-bond acceptors (Lipinski definition) is 5. The Morgan fingerprint density at radius 3 is 2.52 bits per heavy atom. The number of ether oxygens (including phenoxy) is 2. The fraction of sp³-hybridized carbons (Fsp3) is 0.524. The summed E-state index contributed by atoms with van der Waals surface area (Å²) in [6.45, 7) is 5.84. The molecule has 0 aliphatic carbocycles. The van der Waals surface area contributed by atoms with Crippen molar-refractivity contribution in [2.24, 2.45) is 4.99 Å². The van der Waals surface area contributed by atoms with Crippen LogP contribution in [-0.2, 0) is 35.6 Å². The molecule has 0 spiro atoms. The molecule has 1 aromatic heterocycles. The number of aromatic nitrogens is 1. The molecule has 160 valence electrons. The fourth-order valence-corrected chi connectivity index (χ4v) is 3.77. The molecule has 0 atom stereocenters. The summed E-state index contributed by atoms with van der Waals surface area (Å²) >= 11 is 1.74. The summed E-state index contributed by atoms with van der Waals surface area (Å²) in [5, 5.41) is 7.75. The van der Waals surface area contributed by atoms with Gasteiger partial charge in [0.25, 0.3) is 0 Å². The number of aryl methyl sites for hydroxylation is 1. The van der Waals surface area contributed by atoms with Gasteiger partial charge in [0.05, 0.1) is 19.3 Å².